The van der Waals surface area contributed by atoms with E-state index in [1.807, 2.05) is 25.1 Å². The molecule has 29 heavy (non-hydrogen) atoms. The normalized spacial score (nSPS) is 10.4. The van der Waals surface area contributed by atoms with Crippen LogP contribution in [0.1, 0.15) is 12.5 Å². The number of nitrogens with one attached hydrogen (secondary N) is 2. The van der Waals surface area contributed by atoms with Gasteiger partial charge in [0.05, 0.1) is 30.6 Å². The lowest BCUT2D eigenvalue weighted by molar-refractivity contribution is -0.123. The van der Waals surface area contributed by atoms with Crippen LogP contribution in [0, 0.1) is 17.1 Å². The van der Waals surface area contributed by atoms with E-state index in [1.54, 1.807) is 23.1 Å². The van der Waals surface area contributed by atoms with E-state index in [1.165, 1.54) is 23.9 Å². The highest BCUT2D eigenvalue weighted by Crippen LogP contribution is 2.26. The third-order valence-electron chi connectivity index (χ3n) is 4.04. The van der Waals surface area contributed by atoms with Crippen molar-refractivity contribution in [1.29, 1.82) is 5.26 Å². The highest BCUT2D eigenvalue weighted by molar-refractivity contribution is 7.99. The number of amides is 2. The second-order valence-corrected chi connectivity index (χ2v) is 7.21. The summed E-state index contributed by atoms with van der Waals surface area (Å²) in [7, 11) is 0. The molecule has 0 aliphatic rings. The fourth-order valence-corrected chi connectivity index (χ4v) is 3.21. The van der Waals surface area contributed by atoms with Gasteiger partial charge in [-0.15, -0.1) is 11.8 Å². The number of carbonyl (C=O) groups is 2. The summed E-state index contributed by atoms with van der Waals surface area (Å²) >= 11 is 1.35. The Kier molecular flexibility index (Phi) is 9.15. The van der Waals surface area contributed by atoms with Crippen LogP contribution in [0.15, 0.2) is 53.4 Å². The molecule has 0 heterocycles. The SMILES string of the molecule is CCN(CC(=O)NCc1ccc(F)cc1)CC(=O)Nc1ccccc1SCC#N. The summed E-state index contributed by atoms with van der Waals surface area (Å²) in [5.74, 6) is -0.477. The maximum Gasteiger partial charge on any atom is 0.238 e. The molecule has 0 saturated heterocycles. The number of halogens is 1. The molecule has 0 aliphatic carbocycles. The number of carbonyl (C=O) groups excluding carboxylic acids is 2. The van der Waals surface area contributed by atoms with Crippen molar-refractivity contribution < 1.29 is 14.0 Å². The second-order valence-electron chi connectivity index (χ2n) is 6.20. The standard InChI is InChI=1S/C21H23FN4O2S/c1-2-26(14-20(27)24-13-16-7-9-17(22)10-8-16)15-21(28)25-18-5-3-4-6-19(18)29-12-11-23/h3-10H,2,12-15H2,1H3,(H,24,27)(H,25,28). The minimum absolute atomic E-state index is 0.0672. The van der Waals surface area contributed by atoms with Gasteiger partial charge >= 0.3 is 0 Å². The van der Waals surface area contributed by atoms with Gasteiger partial charge in [-0.25, -0.2) is 4.39 Å². The molecule has 2 aromatic rings. The molecule has 2 N–H and O–H groups in total. The van der Waals surface area contributed by atoms with E-state index in [2.05, 4.69) is 16.7 Å². The van der Waals surface area contributed by atoms with Crippen LogP contribution in [0.4, 0.5) is 10.1 Å². The minimum atomic E-state index is -0.323. The predicted molar refractivity (Wildman–Crippen MR) is 112 cm³/mol. The molecule has 152 valence electrons. The van der Waals surface area contributed by atoms with Crippen LogP contribution in [-0.4, -0.2) is 42.1 Å². The average Bonchev–Trinajstić information content (AvgIpc) is 2.72. The van der Waals surface area contributed by atoms with Crippen molar-refractivity contribution in [3.8, 4) is 6.07 Å². The Hall–Kier alpha value is -2.89. The van der Waals surface area contributed by atoms with Gasteiger partial charge in [-0.3, -0.25) is 14.5 Å². The Bertz CT molecular complexity index is 868. The first kappa shape index (κ1) is 22.4. The maximum absolute atomic E-state index is 12.9. The monoisotopic (exact) mass is 414 g/mol. The van der Waals surface area contributed by atoms with E-state index < -0.39 is 0 Å². The zero-order chi connectivity index (χ0) is 21.1. The number of benzene rings is 2. The molecule has 2 amide bonds. The third-order valence-corrected chi connectivity index (χ3v) is 4.98. The summed E-state index contributed by atoms with van der Waals surface area (Å²) in [4.78, 5) is 27.1. The van der Waals surface area contributed by atoms with Crippen LogP contribution in [0.25, 0.3) is 0 Å². The average molecular weight is 415 g/mol. The van der Waals surface area contributed by atoms with Crippen LogP contribution in [0.2, 0.25) is 0 Å². The molecule has 0 radical (unpaired) electrons. The van der Waals surface area contributed by atoms with Crippen molar-refractivity contribution >= 4 is 29.3 Å². The van der Waals surface area contributed by atoms with Gasteiger partial charge in [0.1, 0.15) is 5.82 Å². The molecular weight excluding hydrogens is 391 g/mol. The topological polar surface area (TPSA) is 85.2 Å². The Balaban J connectivity index is 1.84. The quantitative estimate of drug-likeness (QED) is 0.584. The fourth-order valence-electron chi connectivity index (χ4n) is 2.54. The first-order chi connectivity index (χ1) is 14.0. The molecule has 0 aliphatic heterocycles. The molecular formula is C21H23FN4O2S. The van der Waals surface area contributed by atoms with Crippen molar-refractivity contribution in [1.82, 2.24) is 10.2 Å². The zero-order valence-corrected chi connectivity index (χ0v) is 17.0. The van der Waals surface area contributed by atoms with Crippen LogP contribution >= 0.6 is 11.8 Å². The molecule has 6 nitrogen and oxygen atoms in total. The number of nitriles is 1. The molecule has 0 bridgehead atoms. The van der Waals surface area contributed by atoms with Crippen molar-refractivity contribution in [2.45, 2.75) is 18.4 Å². The number of para-hydroxylation sites is 1. The highest BCUT2D eigenvalue weighted by atomic mass is 32.2. The van der Waals surface area contributed by atoms with Crippen molar-refractivity contribution in [2.75, 3.05) is 30.7 Å². The van der Waals surface area contributed by atoms with Gasteiger partial charge in [-0.05, 0) is 36.4 Å². The second kappa shape index (κ2) is 11.8. The van der Waals surface area contributed by atoms with Gasteiger partial charge in [-0.2, -0.15) is 5.26 Å². The van der Waals surface area contributed by atoms with E-state index in [4.69, 9.17) is 5.26 Å². The Morgan fingerprint density at radius 3 is 2.48 bits per heavy atom. The minimum Gasteiger partial charge on any atom is -0.351 e. The first-order valence-electron chi connectivity index (χ1n) is 9.14. The van der Waals surface area contributed by atoms with Crippen molar-refractivity contribution in [3.05, 3.63) is 59.9 Å². The summed E-state index contributed by atoms with van der Waals surface area (Å²) in [5.41, 5.74) is 1.45. The number of nitrogens with zero attached hydrogens (tertiary/aromatic N) is 2. The third kappa shape index (κ3) is 7.94. The fraction of sp³-hybridized carbons (Fsp3) is 0.286. The summed E-state index contributed by atoms with van der Waals surface area (Å²) in [6, 6.07) is 15.3. The van der Waals surface area contributed by atoms with E-state index in [0.717, 1.165) is 10.5 Å². The summed E-state index contributed by atoms with van der Waals surface area (Å²) in [6.45, 7) is 2.85. The number of anilines is 1. The van der Waals surface area contributed by atoms with Crippen LogP contribution in [0.5, 0.6) is 0 Å². The zero-order valence-electron chi connectivity index (χ0n) is 16.2. The molecule has 2 rings (SSSR count). The summed E-state index contributed by atoms with van der Waals surface area (Å²) in [6.07, 6.45) is 0. The maximum atomic E-state index is 12.9. The van der Waals surface area contributed by atoms with Gasteiger partial charge in [0, 0.05) is 11.4 Å². The Morgan fingerprint density at radius 2 is 1.79 bits per heavy atom. The predicted octanol–water partition coefficient (Wildman–Crippen LogP) is 3.02. The van der Waals surface area contributed by atoms with Gasteiger partial charge in [-0.1, -0.05) is 31.2 Å². The molecule has 8 heteroatoms. The molecule has 2 aromatic carbocycles. The van der Waals surface area contributed by atoms with Crippen molar-refractivity contribution in [3.63, 3.8) is 0 Å². The summed E-state index contributed by atoms with van der Waals surface area (Å²) < 4.78 is 12.9. The number of hydrogen-bond acceptors (Lipinski definition) is 5. The molecule has 0 aromatic heterocycles. The molecule has 0 saturated carbocycles. The van der Waals surface area contributed by atoms with Crippen LogP contribution in [0.3, 0.4) is 0 Å². The van der Waals surface area contributed by atoms with Gasteiger partial charge in [0.25, 0.3) is 0 Å². The van der Waals surface area contributed by atoms with Crippen LogP contribution in [-0.2, 0) is 16.1 Å². The highest BCUT2D eigenvalue weighted by Gasteiger charge is 2.14. The molecule has 0 spiro atoms. The lowest BCUT2D eigenvalue weighted by atomic mass is 10.2. The van der Waals surface area contributed by atoms with E-state index in [9.17, 15) is 14.0 Å². The number of rotatable bonds is 10. The molecule has 0 unspecified atom stereocenters. The molecule has 0 fully saturated rings. The van der Waals surface area contributed by atoms with Crippen molar-refractivity contribution in [2.24, 2.45) is 0 Å². The van der Waals surface area contributed by atoms with Crippen LogP contribution < -0.4 is 10.6 Å². The smallest absolute Gasteiger partial charge is 0.238 e. The van der Waals surface area contributed by atoms with Gasteiger partial charge in [0.2, 0.25) is 11.8 Å². The lowest BCUT2D eigenvalue weighted by Gasteiger charge is -2.20. The van der Waals surface area contributed by atoms with E-state index in [0.29, 0.717) is 24.5 Å². The van der Waals surface area contributed by atoms with E-state index >= 15 is 0 Å². The number of hydrogen-bond donors (Lipinski definition) is 2. The largest absolute Gasteiger partial charge is 0.351 e. The Labute approximate surface area is 174 Å². The Morgan fingerprint density at radius 1 is 1.10 bits per heavy atom. The van der Waals surface area contributed by atoms with E-state index in [-0.39, 0.29) is 30.7 Å². The first-order valence-corrected chi connectivity index (χ1v) is 10.1. The lowest BCUT2D eigenvalue weighted by Crippen LogP contribution is -2.40. The van der Waals surface area contributed by atoms with Gasteiger partial charge < -0.3 is 10.6 Å². The van der Waals surface area contributed by atoms with Gasteiger partial charge in [0.15, 0.2) is 0 Å². The summed E-state index contributed by atoms with van der Waals surface area (Å²) in [5, 5.41) is 14.4. The molecule has 0 atom stereocenters. The number of thioether (sulfide) groups is 1. The number of likely N-dealkylation sites (N-methyl/N-ethyl adjacent to an activating group) is 1.